The van der Waals surface area contributed by atoms with Crippen LogP contribution in [0.15, 0.2) is 23.1 Å². The summed E-state index contributed by atoms with van der Waals surface area (Å²) in [5, 5.41) is 0. The van der Waals surface area contributed by atoms with Crippen molar-refractivity contribution in [1.82, 2.24) is 0 Å². The summed E-state index contributed by atoms with van der Waals surface area (Å²) in [7, 11) is 0. The maximum atomic E-state index is 11.1. The molecule has 0 N–H and O–H groups in total. The second kappa shape index (κ2) is 4.75. The predicted octanol–water partition coefficient (Wildman–Crippen LogP) is 2.81. The third-order valence-corrected chi connectivity index (χ3v) is 3.51. The summed E-state index contributed by atoms with van der Waals surface area (Å²) in [6.45, 7) is 1.49. The Morgan fingerprint density at radius 2 is 2.21 bits per heavy atom. The van der Waals surface area contributed by atoms with Gasteiger partial charge < -0.3 is 0 Å². The van der Waals surface area contributed by atoms with E-state index in [4.69, 9.17) is 0 Å². The van der Waals surface area contributed by atoms with Gasteiger partial charge in [-0.2, -0.15) is 0 Å². The smallest absolute Gasteiger partial charge is 0.151 e. The van der Waals surface area contributed by atoms with Crippen LogP contribution in [-0.2, 0) is 4.79 Å². The van der Waals surface area contributed by atoms with Gasteiger partial charge in [-0.25, -0.2) is 0 Å². The summed E-state index contributed by atoms with van der Waals surface area (Å²) >= 11 is 7.46. The lowest BCUT2D eigenvalue weighted by Crippen LogP contribution is -2.03. The number of hydrogen-bond acceptors (Lipinski definition) is 3. The molecule has 0 bridgehead atoms. The van der Waals surface area contributed by atoms with Crippen LogP contribution >= 0.6 is 28.6 Å². The zero-order chi connectivity index (χ0) is 10.7. The predicted molar refractivity (Wildman–Crippen MR) is 61.4 cm³/mol. The van der Waals surface area contributed by atoms with E-state index in [1.54, 1.807) is 18.2 Å². The monoisotopic (exact) mass is 272 g/mol. The molecule has 4 heteroatoms. The molecular weight excluding hydrogens is 264 g/mol. The number of benzene rings is 1. The number of carbonyl (C=O) groups excluding carboxylic acids is 2. The van der Waals surface area contributed by atoms with Crippen molar-refractivity contribution in [3.05, 3.63) is 29.3 Å². The molecule has 0 spiro atoms. The minimum absolute atomic E-state index is 0.0108. The fourth-order valence-corrected chi connectivity index (χ4v) is 1.99. The van der Waals surface area contributed by atoms with Crippen molar-refractivity contribution in [3.63, 3.8) is 0 Å². The molecule has 0 radical (unpaired) electrons. The van der Waals surface area contributed by atoms with E-state index in [9.17, 15) is 9.59 Å². The lowest BCUT2D eigenvalue weighted by Gasteiger charge is -2.10. The second-order valence-electron chi connectivity index (χ2n) is 2.88. The lowest BCUT2D eigenvalue weighted by molar-refractivity contribution is -0.116. The molecule has 0 saturated heterocycles. The van der Waals surface area contributed by atoms with Crippen LogP contribution in [-0.4, -0.2) is 12.1 Å². The van der Waals surface area contributed by atoms with E-state index in [0.29, 0.717) is 10.5 Å². The Morgan fingerprint density at radius 3 is 2.71 bits per heavy atom. The minimum atomic E-state index is -0.394. The van der Waals surface area contributed by atoms with Crippen LogP contribution in [0.3, 0.4) is 0 Å². The average Bonchev–Trinajstić information content (AvgIpc) is 2.17. The molecule has 2 nitrogen and oxygen atoms in total. The Morgan fingerprint density at radius 1 is 1.57 bits per heavy atom. The highest BCUT2D eigenvalue weighted by Gasteiger charge is 2.16. The zero-order valence-corrected chi connectivity index (χ0v) is 10.0. The number of carbonyl (C=O) groups is 2. The molecular formula is C10H9BrO2S. The first kappa shape index (κ1) is 11.5. The molecule has 1 unspecified atom stereocenters. The summed E-state index contributed by atoms with van der Waals surface area (Å²) in [6, 6.07) is 5.17. The van der Waals surface area contributed by atoms with Gasteiger partial charge in [-0.05, 0) is 12.5 Å². The number of halogens is 1. The van der Waals surface area contributed by atoms with Crippen LogP contribution in [0.5, 0.6) is 0 Å². The SMILES string of the molecule is CC(=O)C(Br)c1cccc(C=O)c1S. The third-order valence-electron chi connectivity index (χ3n) is 1.86. The van der Waals surface area contributed by atoms with Crippen molar-refractivity contribution < 1.29 is 9.59 Å². The van der Waals surface area contributed by atoms with E-state index in [-0.39, 0.29) is 5.78 Å². The third kappa shape index (κ3) is 2.25. The van der Waals surface area contributed by atoms with Gasteiger partial charge in [0.2, 0.25) is 0 Å². The van der Waals surface area contributed by atoms with E-state index < -0.39 is 4.83 Å². The fraction of sp³-hybridized carbons (Fsp3) is 0.200. The van der Waals surface area contributed by atoms with E-state index in [0.717, 1.165) is 11.8 Å². The first-order valence-corrected chi connectivity index (χ1v) is 5.35. The first-order valence-electron chi connectivity index (χ1n) is 3.99. The number of thiol groups is 1. The molecule has 14 heavy (non-hydrogen) atoms. The molecule has 0 saturated carbocycles. The number of hydrogen-bond donors (Lipinski definition) is 1. The van der Waals surface area contributed by atoms with Crippen molar-refractivity contribution in [2.75, 3.05) is 0 Å². The molecule has 0 amide bonds. The van der Waals surface area contributed by atoms with Gasteiger partial charge in [0.15, 0.2) is 6.29 Å². The summed E-state index contributed by atoms with van der Waals surface area (Å²) in [6.07, 6.45) is 0.728. The molecule has 0 aliphatic heterocycles. The van der Waals surface area contributed by atoms with Gasteiger partial charge in [0, 0.05) is 10.5 Å². The summed E-state index contributed by atoms with van der Waals surface area (Å²) in [4.78, 5) is 21.9. The van der Waals surface area contributed by atoms with Crippen LogP contribution < -0.4 is 0 Å². The summed E-state index contributed by atoms with van der Waals surface area (Å²) in [5.74, 6) is -0.0108. The fourth-order valence-electron chi connectivity index (χ4n) is 1.10. The molecule has 1 rings (SSSR count). The molecule has 0 aliphatic rings. The minimum Gasteiger partial charge on any atom is -0.298 e. The van der Waals surface area contributed by atoms with Gasteiger partial charge in [0.25, 0.3) is 0 Å². The van der Waals surface area contributed by atoms with Crippen LogP contribution in [0.2, 0.25) is 0 Å². The lowest BCUT2D eigenvalue weighted by atomic mass is 10.1. The number of Topliss-reactive ketones (excluding diaryl/α,β-unsaturated/α-hetero) is 1. The standard InChI is InChI=1S/C10H9BrO2S/c1-6(13)9(11)8-4-2-3-7(5-12)10(8)14/h2-5,9,14H,1H3. The molecule has 1 aromatic carbocycles. The number of aldehydes is 1. The Labute approximate surface area is 96.2 Å². The Balaban J connectivity index is 3.21. The number of ketones is 1. The van der Waals surface area contributed by atoms with Crippen LogP contribution in [0, 0.1) is 0 Å². The average molecular weight is 273 g/mol. The summed E-state index contributed by atoms with van der Waals surface area (Å²) < 4.78 is 0. The Hall–Kier alpha value is -0.610. The maximum absolute atomic E-state index is 11.1. The second-order valence-corrected chi connectivity index (χ2v) is 4.24. The van der Waals surface area contributed by atoms with Crippen molar-refractivity contribution in [2.45, 2.75) is 16.6 Å². The van der Waals surface area contributed by atoms with Gasteiger partial charge in [-0.1, -0.05) is 34.1 Å². The van der Waals surface area contributed by atoms with E-state index in [1.807, 2.05) is 0 Å². The molecule has 1 aromatic rings. The molecule has 0 fully saturated rings. The highest BCUT2D eigenvalue weighted by molar-refractivity contribution is 9.09. The van der Waals surface area contributed by atoms with E-state index in [2.05, 4.69) is 28.6 Å². The van der Waals surface area contributed by atoms with Crippen LogP contribution in [0.1, 0.15) is 27.7 Å². The van der Waals surface area contributed by atoms with Crippen LogP contribution in [0.4, 0.5) is 0 Å². The molecule has 1 atom stereocenters. The Bertz CT molecular complexity index is 376. The van der Waals surface area contributed by atoms with E-state index in [1.165, 1.54) is 6.92 Å². The molecule has 0 aromatic heterocycles. The van der Waals surface area contributed by atoms with Crippen molar-refractivity contribution >= 4 is 40.6 Å². The highest BCUT2D eigenvalue weighted by atomic mass is 79.9. The van der Waals surface area contributed by atoms with E-state index >= 15 is 0 Å². The molecule has 74 valence electrons. The van der Waals surface area contributed by atoms with Crippen molar-refractivity contribution in [3.8, 4) is 0 Å². The quantitative estimate of drug-likeness (QED) is 0.522. The highest BCUT2D eigenvalue weighted by Crippen LogP contribution is 2.30. The molecule has 0 aliphatic carbocycles. The zero-order valence-electron chi connectivity index (χ0n) is 7.53. The summed E-state index contributed by atoms with van der Waals surface area (Å²) in [5.41, 5.74) is 1.22. The van der Waals surface area contributed by atoms with Crippen molar-refractivity contribution in [2.24, 2.45) is 0 Å². The van der Waals surface area contributed by atoms with Gasteiger partial charge in [-0.15, -0.1) is 12.6 Å². The molecule has 0 heterocycles. The number of alkyl halides is 1. The first-order chi connectivity index (χ1) is 6.57. The van der Waals surface area contributed by atoms with Gasteiger partial charge in [0.05, 0.1) is 4.83 Å². The van der Waals surface area contributed by atoms with Gasteiger partial charge in [-0.3, -0.25) is 9.59 Å². The maximum Gasteiger partial charge on any atom is 0.151 e. The Kier molecular flexibility index (Phi) is 3.89. The van der Waals surface area contributed by atoms with Gasteiger partial charge in [0.1, 0.15) is 5.78 Å². The number of rotatable bonds is 3. The van der Waals surface area contributed by atoms with Crippen molar-refractivity contribution in [1.29, 1.82) is 0 Å². The van der Waals surface area contributed by atoms with Crippen LogP contribution in [0.25, 0.3) is 0 Å². The normalized spacial score (nSPS) is 12.2. The topological polar surface area (TPSA) is 34.1 Å². The van der Waals surface area contributed by atoms with Gasteiger partial charge >= 0.3 is 0 Å². The largest absolute Gasteiger partial charge is 0.298 e.